The summed E-state index contributed by atoms with van der Waals surface area (Å²) in [7, 11) is 0. The van der Waals surface area contributed by atoms with E-state index in [1.165, 1.54) is 0 Å². The van der Waals surface area contributed by atoms with Gasteiger partial charge < -0.3 is 15.2 Å². The molecule has 1 atom stereocenters. The molecular weight excluding hydrogens is 252 g/mol. The van der Waals surface area contributed by atoms with Crippen LogP contribution >= 0.6 is 0 Å². The molecule has 1 aromatic heterocycles. The van der Waals surface area contributed by atoms with Crippen molar-refractivity contribution in [2.75, 3.05) is 13.1 Å². The quantitative estimate of drug-likeness (QED) is 0.882. The number of amides is 1. The molecule has 5 heteroatoms. The number of hydrogen-bond donors (Lipinski definition) is 2. The second kappa shape index (κ2) is 6.05. The second-order valence-electron chi connectivity index (χ2n) is 5.29. The normalized spacial score (nSPS) is 19.1. The van der Waals surface area contributed by atoms with Gasteiger partial charge in [0.25, 0.3) is 0 Å². The number of para-hydroxylation sites is 2. The fraction of sp³-hybridized carbons (Fsp3) is 0.467. The van der Waals surface area contributed by atoms with Crippen molar-refractivity contribution in [1.29, 1.82) is 0 Å². The van der Waals surface area contributed by atoms with E-state index < -0.39 is 0 Å². The second-order valence-corrected chi connectivity index (χ2v) is 5.29. The van der Waals surface area contributed by atoms with Gasteiger partial charge in [-0.25, -0.2) is 4.98 Å². The van der Waals surface area contributed by atoms with Crippen LogP contribution in [0.15, 0.2) is 30.6 Å². The Morgan fingerprint density at radius 1 is 1.45 bits per heavy atom. The Morgan fingerprint density at radius 2 is 2.35 bits per heavy atom. The smallest absolute Gasteiger partial charge is 0.222 e. The molecule has 0 spiro atoms. The number of nitrogens with one attached hydrogen (secondary N) is 2. The van der Waals surface area contributed by atoms with E-state index in [4.69, 9.17) is 0 Å². The molecule has 3 rings (SSSR count). The largest absolute Gasteiger partial charge is 0.352 e. The lowest BCUT2D eigenvalue weighted by atomic mass is 10.1. The highest BCUT2D eigenvalue weighted by Crippen LogP contribution is 2.12. The molecule has 1 aliphatic rings. The SMILES string of the molecule is O=C(CCn1cnc2ccccc21)N[C@@H]1CCCNC1. The van der Waals surface area contributed by atoms with Crippen molar-refractivity contribution in [3.05, 3.63) is 30.6 Å². The molecule has 1 saturated heterocycles. The lowest BCUT2D eigenvalue weighted by Crippen LogP contribution is -2.45. The molecule has 20 heavy (non-hydrogen) atoms. The molecule has 2 heterocycles. The number of hydrogen-bond acceptors (Lipinski definition) is 3. The minimum absolute atomic E-state index is 0.122. The van der Waals surface area contributed by atoms with Gasteiger partial charge in [-0.3, -0.25) is 4.79 Å². The van der Waals surface area contributed by atoms with E-state index >= 15 is 0 Å². The Balaban J connectivity index is 1.54. The maximum atomic E-state index is 12.0. The first kappa shape index (κ1) is 13.1. The maximum absolute atomic E-state index is 12.0. The maximum Gasteiger partial charge on any atom is 0.222 e. The van der Waals surface area contributed by atoms with Crippen molar-refractivity contribution < 1.29 is 4.79 Å². The topological polar surface area (TPSA) is 59.0 Å². The first-order chi connectivity index (χ1) is 9.83. The average molecular weight is 272 g/mol. The molecule has 106 valence electrons. The summed E-state index contributed by atoms with van der Waals surface area (Å²) in [4.78, 5) is 16.3. The number of fused-ring (bicyclic) bond motifs is 1. The van der Waals surface area contributed by atoms with Crippen molar-refractivity contribution in [1.82, 2.24) is 20.2 Å². The van der Waals surface area contributed by atoms with Gasteiger partial charge in [0, 0.05) is 25.6 Å². The van der Waals surface area contributed by atoms with Crippen LogP contribution in [0.3, 0.4) is 0 Å². The summed E-state index contributed by atoms with van der Waals surface area (Å²) in [6.45, 7) is 2.62. The number of carbonyl (C=O) groups is 1. The number of carbonyl (C=O) groups excluding carboxylic acids is 1. The highest BCUT2D eigenvalue weighted by Gasteiger charge is 2.15. The molecule has 1 aliphatic heterocycles. The van der Waals surface area contributed by atoms with Crippen LogP contribution < -0.4 is 10.6 Å². The minimum Gasteiger partial charge on any atom is -0.352 e. The predicted octanol–water partition coefficient (Wildman–Crippen LogP) is 1.29. The molecule has 1 aromatic carbocycles. The highest BCUT2D eigenvalue weighted by atomic mass is 16.1. The monoisotopic (exact) mass is 272 g/mol. The van der Waals surface area contributed by atoms with Crippen molar-refractivity contribution in [2.24, 2.45) is 0 Å². The van der Waals surface area contributed by atoms with Crippen LogP contribution in [0.4, 0.5) is 0 Å². The first-order valence-corrected chi connectivity index (χ1v) is 7.23. The molecule has 0 radical (unpaired) electrons. The van der Waals surface area contributed by atoms with Crippen LogP contribution in [0.1, 0.15) is 19.3 Å². The van der Waals surface area contributed by atoms with Crippen molar-refractivity contribution in [3.8, 4) is 0 Å². The molecule has 1 amide bonds. The van der Waals surface area contributed by atoms with Crippen LogP contribution in [0.2, 0.25) is 0 Å². The van der Waals surface area contributed by atoms with Gasteiger partial charge in [0.2, 0.25) is 5.91 Å². The summed E-state index contributed by atoms with van der Waals surface area (Å²) in [5.41, 5.74) is 2.06. The number of benzene rings is 1. The molecular formula is C15H20N4O. The van der Waals surface area contributed by atoms with Crippen LogP contribution in [-0.4, -0.2) is 34.6 Å². The lowest BCUT2D eigenvalue weighted by Gasteiger charge is -2.23. The summed E-state index contributed by atoms with van der Waals surface area (Å²) >= 11 is 0. The predicted molar refractivity (Wildman–Crippen MR) is 78.4 cm³/mol. The Morgan fingerprint density at radius 3 is 3.20 bits per heavy atom. The lowest BCUT2D eigenvalue weighted by molar-refractivity contribution is -0.122. The zero-order valence-electron chi connectivity index (χ0n) is 11.5. The zero-order chi connectivity index (χ0) is 13.8. The summed E-state index contributed by atoms with van der Waals surface area (Å²) in [5, 5.41) is 6.40. The third-order valence-corrected chi connectivity index (χ3v) is 3.77. The van der Waals surface area contributed by atoms with Crippen molar-refractivity contribution in [2.45, 2.75) is 31.8 Å². The fourth-order valence-electron chi connectivity index (χ4n) is 2.69. The van der Waals surface area contributed by atoms with Gasteiger partial charge in [-0.15, -0.1) is 0 Å². The van der Waals surface area contributed by atoms with Crippen LogP contribution in [-0.2, 0) is 11.3 Å². The third-order valence-electron chi connectivity index (χ3n) is 3.77. The number of rotatable bonds is 4. The Labute approximate surface area is 118 Å². The van der Waals surface area contributed by atoms with Gasteiger partial charge in [0.15, 0.2) is 0 Å². The Bertz CT molecular complexity index is 586. The Hall–Kier alpha value is -1.88. The highest BCUT2D eigenvalue weighted by molar-refractivity contribution is 5.77. The fourth-order valence-corrected chi connectivity index (χ4v) is 2.69. The number of aromatic nitrogens is 2. The number of nitrogens with zero attached hydrogens (tertiary/aromatic N) is 2. The third kappa shape index (κ3) is 2.99. The summed E-state index contributed by atoms with van der Waals surface area (Å²) in [5.74, 6) is 0.122. The van der Waals surface area contributed by atoms with E-state index in [1.807, 2.05) is 28.8 Å². The van der Waals surface area contributed by atoms with Crippen molar-refractivity contribution in [3.63, 3.8) is 0 Å². The van der Waals surface area contributed by atoms with Gasteiger partial charge in [0.05, 0.1) is 17.4 Å². The molecule has 0 unspecified atom stereocenters. The van der Waals surface area contributed by atoms with E-state index in [-0.39, 0.29) is 11.9 Å². The van der Waals surface area contributed by atoms with E-state index in [1.54, 1.807) is 6.33 Å². The van der Waals surface area contributed by atoms with Gasteiger partial charge in [-0.1, -0.05) is 12.1 Å². The minimum atomic E-state index is 0.122. The van der Waals surface area contributed by atoms with Crippen LogP contribution in [0.25, 0.3) is 11.0 Å². The molecule has 5 nitrogen and oxygen atoms in total. The van der Waals surface area contributed by atoms with Crippen LogP contribution in [0, 0.1) is 0 Å². The van der Waals surface area contributed by atoms with E-state index in [2.05, 4.69) is 15.6 Å². The molecule has 0 bridgehead atoms. The zero-order valence-corrected chi connectivity index (χ0v) is 11.5. The summed E-state index contributed by atoms with van der Waals surface area (Å²) in [6.07, 6.45) is 4.51. The van der Waals surface area contributed by atoms with E-state index in [0.717, 1.165) is 37.0 Å². The van der Waals surface area contributed by atoms with Gasteiger partial charge in [-0.05, 0) is 31.5 Å². The molecule has 0 aliphatic carbocycles. The van der Waals surface area contributed by atoms with Crippen molar-refractivity contribution >= 4 is 16.9 Å². The van der Waals surface area contributed by atoms with E-state index in [0.29, 0.717) is 13.0 Å². The van der Waals surface area contributed by atoms with Gasteiger partial charge in [-0.2, -0.15) is 0 Å². The summed E-state index contributed by atoms with van der Waals surface area (Å²) < 4.78 is 2.04. The Kier molecular flexibility index (Phi) is 3.97. The molecule has 1 fully saturated rings. The van der Waals surface area contributed by atoms with Gasteiger partial charge in [0.1, 0.15) is 0 Å². The summed E-state index contributed by atoms with van der Waals surface area (Å²) in [6, 6.07) is 8.28. The standard InChI is InChI=1S/C15H20N4O/c20-15(18-12-4-3-8-16-10-12)7-9-19-11-17-13-5-1-2-6-14(13)19/h1-2,5-6,11-12,16H,3-4,7-10H2,(H,18,20)/t12-/m1/s1. The number of aryl methyl sites for hydroxylation is 1. The molecule has 2 N–H and O–H groups in total. The molecule has 0 saturated carbocycles. The van der Waals surface area contributed by atoms with Gasteiger partial charge >= 0.3 is 0 Å². The van der Waals surface area contributed by atoms with Crippen LogP contribution in [0.5, 0.6) is 0 Å². The number of imidazole rings is 1. The molecule has 2 aromatic rings. The number of piperidine rings is 1. The first-order valence-electron chi connectivity index (χ1n) is 7.23. The average Bonchev–Trinajstić information content (AvgIpc) is 2.89. The van der Waals surface area contributed by atoms with E-state index in [9.17, 15) is 4.79 Å².